The Morgan fingerprint density at radius 3 is 2.14 bits per heavy atom. The van der Waals surface area contributed by atoms with Crippen molar-refractivity contribution in [2.45, 2.75) is 114 Å². The molecule has 37 heavy (non-hydrogen) atoms. The van der Waals surface area contributed by atoms with Gasteiger partial charge in [-0.05, 0) is 60.6 Å². The number of carbonyl (C=O) groups is 1. The Kier molecular flexibility index (Phi) is 11.7. The van der Waals surface area contributed by atoms with Crippen LogP contribution in [-0.4, -0.2) is 27.0 Å². The lowest BCUT2D eigenvalue weighted by atomic mass is 9.68. The number of unbranched alkanes of at least 4 members (excludes halogenated alkanes) is 8. The van der Waals surface area contributed by atoms with Crippen molar-refractivity contribution in [3.8, 4) is 11.5 Å². The van der Waals surface area contributed by atoms with Crippen molar-refractivity contribution in [2.75, 3.05) is 5.75 Å². The quantitative estimate of drug-likeness (QED) is 0.190. The molecule has 0 radical (unpaired) electrons. The van der Waals surface area contributed by atoms with Crippen LogP contribution in [0.25, 0.3) is 0 Å². The summed E-state index contributed by atoms with van der Waals surface area (Å²) in [6, 6.07) is 13.5. The summed E-state index contributed by atoms with van der Waals surface area (Å²) < 4.78 is 0. The van der Waals surface area contributed by atoms with Crippen LogP contribution in [0, 0.1) is 5.92 Å². The van der Waals surface area contributed by atoms with Crippen LogP contribution in [0.3, 0.4) is 0 Å². The van der Waals surface area contributed by atoms with E-state index in [1.165, 1.54) is 48.1 Å². The highest BCUT2D eigenvalue weighted by atomic mass is 32.2. The Bertz CT molecular complexity index is 973. The molecule has 0 bridgehead atoms. The molecule has 1 heterocycles. The molecule has 3 atom stereocenters. The van der Waals surface area contributed by atoms with E-state index < -0.39 is 5.97 Å². The molecule has 0 aromatic heterocycles. The zero-order valence-electron chi connectivity index (χ0n) is 22.8. The number of fused-ring (bicyclic) bond motifs is 1. The molecule has 0 fully saturated rings. The van der Waals surface area contributed by atoms with E-state index in [4.69, 9.17) is 0 Å². The number of benzene rings is 2. The van der Waals surface area contributed by atoms with Crippen LogP contribution < -0.4 is 0 Å². The number of phenols is 2. The predicted molar refractivity (Wildman–Crippen MR) is 154 cm³/mol. The van der Waals surface area contributed by atoms with Gasteiger partial charge in [-0.1, -0.05) is 96.3 Å². The highest BCUT2D eigenvalue weighted by molar-refractivity contribution is 7.99. The summed E-state index contributed by atoms with van der Waals surface area (Å²) in [5.41, 5.74) is 2.56. The number of aliphatic carboxylic acids is 1. The van der Waals surface area contributed by atoms with Gasteiger partial charge in [0.15, 0.2) is 0 Å². The van der Waals surface area contributed by atoms with Gasteiger partial charge in [-0.25, -0.2) is 0 Å². The third-order valence-corrected chi connectivity index (χ3v) is 9.66. The number of hydrogen-bond donors (Lipinski definition) is 3. The van der Waals surface area contributed by atoms with Crippen molar-refractivity contribution < 1.29 is 20.1 Å². The highest BCUT2D eigenvalue weighted by Gasteiger charge is 2.41. The minimum atomic E-state index is -0.617. The van der Waals surface area contributed by atoms with E-state index in [2.05, 4.69) is 32.0 Å². The molecule has 204 valence electrons. The Hall–Kier alpha value is -2.14. The summed E-state index contributed by atoms with van der Waals surface area (Å²) in [4.78, 5) is 12.7. The number of aromatic hydroxyl groups is 2. The maximum atomic E-state index is 11.5. The number of carboxylic acids is 1. The molecule has 3 rings (SSSR count). The van der Waals surface area contributed by atoms with Crippen LogP contribution in [0.2, 0.25) is 0 Å². The molecular formula is C32H46O4S. The van der Waals surface area contributed by atoms with Gasteiger partial charge in [0, 0.05) is 16.1 Å². The molecule has 0 aliphatic carbocycles. The van der Waals surface area contributed by atoms with Gasteiger partial charge in [0.1, 0.15) is 11.5 Å². The Morgan fingerprint density at radius 1 is 0.892 bits per heavy atom. The van der Waals surface area contributed by atoms with Crippen LogP contribution in [0.4, 0.5) is 0 Å². The van der Waals surface area contributed by atoms with Gasteiger partial charge < -0.3 is 15.3 Å². The molecule has 4 nitrogen and oxygen atoms in total. The minimum absolute atomic E-state index is 0.0276. The van der Waals surface area contributed by atoms with E-state index in [1.54, 1.807) is 12.1 Å². The second-order valence-electron chi connectivity index (χ2n) is 11.1. The first kappa shape index (κ1) is 29.4. The molecule has 0 saturated carbocycles. The van der Waals surface area contributed by atoms with Gasteiger partial charge in [-0.2, -0.15) is 0 Å². The Labute approximate surface area is 227 Å². The van der Waals surface area contributed by atoms with Gasteiger partial charge in [-0.3, -0.25) is 4.79 Å². The zero-order valence-corrected chi connectivity index (χ0v) is 23.6. The van der Waals surface area contributed by atoms with Crippen LogP contribution in [0.5, 0.6) is 11.5 Å². The standard InChI is InChI=1S/C32H46O4S/c1-3-4-10-13-24(31(35)36)14-11-8-6-5-7-9-12-15-29-28-21-20-27(34)22-30(28)37-23-32(29,2)25-16-18-26(33)19-17-25/h16-22,24,29,33-34H,3-15,23H2,1-2H3,(H,35,36). The SMILES string of the molecule is CCCCCC(CCCCCCCCCC1c2ccc(O)cc2SCC1(C)c1ccc(O)cc1)C(=O)O. The van der Waals surface area contributed by atoms with Crippen molar-refractivity contribution in [3.05, 3.63) is 53.6 Å². The normalized spacial score (nSPS) is 19.9. The van der Waals surface area contributed by atoms with Crippen LogP contribution in [0.1, 0.15) is 114 Å². The van der Waals surface area contributed by atoms with E-state index in [1.807, 2.05) is 23.9 Å². The fourth-order valence-electron chi connectivity index (χ4n) is 5.86. The van der Waals surface area contributed by atoms with Crippen LogP contribution in [0.15, 0.2) is 47.4 Å². The lowest BCUT2D eigenvalue weighted by Crippen LogP contribution is -2.36. The number of rotatable bonds is 16. The fourth-order valence-corrected chi connectivity index (χ4v) is 7.27. The fraction of sp³-hybridized carbons (Fsp3) is 0.594. The summed E-state index contributed by atoms with van der Waals surface area (Å²) >= 11 is 1.82. The first-order valence-corrected chi connectivity index (χ1v) is 15.3. The van der Waals surface area contributed by atoms with E-state index in [-0.39, 0.29) is 11.3 Å². The lowest BCUT2D eigenvalue weighted by Gasteiger charge is -2.43. The Morgan fingerprint density at radius 2 is 1.49 bits per heavy atom. The van der Waals surface area contributed by atoms with Crippen molar-refractivity contribution in [1.82, 2.24) is 0 Å². The van der Waals surface area contributed by atoms with Crippen molar-refractivity contribution in [3.63, 3.8) is 0 Å². The van der Waals surface area contributed by atoms with E-state index in [0.717, 1.165) is 57.1 Å². The van der Waals surface area contributed by atoms with Gasteiger partial charge >= 0.3 is 5.97 Å². The second-order valence-corrected chi connectivity index (χ2v) is 12.1. The van der Waals surface area contributed by atoms with Crippen molar-refractivity contribution in [2.24, 2.45) is 5.92 Å². The smallest absolute Gasteiger partial charge is 0.306 e. The molecule has 2 aromatic rings. The van der Waals surface area contributed by atoms with Gasteiger partial charge in [-0.15, -0.1) is 11.8 Å². The first-order valence-electron chi connectivity index (χ1n) is 14.3. The van der Waals surface area contributed by atoms with Crippen molar-refractivity contribution in [1.29, 1.82) is 0 Å². The van der Waals surface area contributed by atoms with E-state index in [0.29, 0.717) is 17.4 Å². The summed E-state index contributed by atoms with van der Waals surface area (Å²) in [6.45, 7) is 4.50. The van der Waals surface area contributed by atoms with E-state index >= 15 is 0 Å². The lowest BCUT2D eigenvalue weighted by molar-refractivity contribution is -0.142. The minimum Gasteiger partial charge on any atom is -0.508 e. The summed E-state index contributed by atoms with van der Waals surface area (Å²) in [5.74, 6) is 1.17. The summed E-state index contributed by atoms with van der Waals surface area (Å²) in [6.07, 6.45) is 14.2. The number of carboxylic acid groups (broad SMARTS) is 1. The first-order chi connectivity index (χ1) is 17.8. The summed E-state index contributed by atoms with van der Waals surface area (Å²) in [5, 5.41) is 29.3. The number of phenolic OH excluding ortho intramolecular Hbond substituents is 2. The molecule has 0 amide bonds. The third kappa shape index (κ3) is 8.43. The molecule has 2 aromatic carbocycles. The van der Waals surface area contributed by atoms with Gasteiger partial charge in [0.2, 0.25) is 0 Å². The molecular weight excluding hydrogens is 480 g/mol. The van der Waals surface area contributed by atoms with Crippen LogP contribution in [-0.2, 0) is 10.2 Å². The van der Waals surface area contributed by atoms with Gasteiger partial charge in [0.25, 0.3) is 0 Å². The molecule has 0 spiro atoms. The average Bonchev–Trinajstić information content (AvgIpc) is 2.88. The van der Waals surface area contributed by atoms with Crippen LogP contribution >= 0.6 is 11.8 Å². The predicted octanol–water partition coefficient (Wildman–Crippen LogP) is 9.04. The highest BCUT2D eigenvalue weighted by Crippen LogP contribution is 2.52. The maximum Gasteiger partial charge on any atom is 0.306 e. The molecule has 1 aliphatic heterocycles. The molecule has 3 N–H and O–H groups in total. The number of thioether (sulfide) groups is 1. The monoisotopic (exact) mass is 526 g/mol. The molecule has 1 aliphatic rings. The zero-order chi connectivity index (χ0) is 26.7. The maximum absolute atomic E-state index is 11.5. The summed E-state index contributed by atoms with van der Waals surface area (Å²) in [7, 11) is 0. The molecule has 0 saturated heterocycles. The second kappa shape index (κ2) is 14.7. The number of hydrogen-bond acceptors (Lipinski definition) is 4. The third-order valence-electron chi connectivity index (χ3n) is 8.25. The van der Waals surface area contributed by atoms with Crippen molar-refractivity contribution >= 4 is 17.7 Å². The van der Waals surface area contributed by atoms with E-state index in [9.17, 15) is 20.1 Å². The van der Waals surface area contributed by atoms with Gasteiger partial charge in [0.05, 0.1) is 5.92 Å². The molecule has 3 unspecified atom stereocenters. The Balaban J connectivity index is 1.46. The molecule has 5 heteroatoms. The largest absolute Gasteiger partial charge is 0.508 e. The topological polar surface area (TPSA) is 77.8 Å². The average molecular weight is 527 g/mol.